The third kappa shape index (κ3) is 2.27. The molecule has 0 radical (unpaired) electrons. The molecule has 1 aromatic rings. The zero-order valence-electron chi connectivity index (χ0n) is 12.9. The van der Waals surface area contributed by atoms with Crippen molar-refractivity contribution in [3.63, 3.8) is 0 Å². The van der Waals surface area contributed by atoms with Crippen molar-refractivity contribution in [1.29, 1.82) is 0 Å². The maximum atomic E-state index is 12.0. The molecular formula is C16H21NO3S. The third-order valence-corrected chi connectivity index (χ3v) is 6.37. The first-order valence-corrected chi connectivity index (χ1v) is 9.11. The predicted octanol–water partition coefficient (Wildman–Crippen LogP) is 2.38. The number of benzene rings is 1. The molecule has 0 spiro atoms. The SMILES string of the molecule is CC(=O)c1ccc(S(C)(=O)=O)c(N2C[C@@H]3[C@H](C2)C3(C)C)c1. The first-order chi connectivity index (χ1) is 9.62. The van der Waals surface area contributed by atoms with Crippen molar-refractivity contribution >= 4 is 21.3 Å². The zero-order valence-corrected chi connectivity index (χ0v) is 13.7. The molecule has 2 atom stereocenters. The molecular weight excluding hydrogens is 286 g/mol. The summed E-state index contributed by atoms with van der Waals surface area (Å²) in [4.78, 5) is 14.0. The van der Waals surface area contributed by atoms with Crippen LogP contribution in [0, 0.1) is 17.3 Å². The Morgan fingerprint density at radius 3 is 2.29 bits per heavy atom. The molecule has 0 N–H and O–H groups in total. The molecule has 1 saturated carbocycles. The fourth-order valence-electron chi connectivity index (χ4n) is 3.63. The topological polar surface area (TPSA) is 54.5 Å². The maximum absolute atomic E-state index is 12.0. The van der Waals surface area contributed by atoms with Gasteiger partial charge in [0, 0.05) is 24.9 Å². The van der Waals surface area contributed by atoms with E-state index in [1.54, 1.807) is 18.2 Å². The highest BCUT2D eigenvalue weighted by atomic mass is 32.2. The predicted molar refractivity (Wildman–Crippen MR) is 82.5 cm³/mol. The Morgan fingerprint density at radius 2 is 1.81 bits per heavy atom. The number of fused-ring (bicyclic) bond motifs is 1. The molecule has 0 amide bonds. The summed E-state index contributed by atoms with van der Waals surface area (Å²) in [6.07, 6.45) is 1.22. The van der Waals surface area contributed by atoms with Crippen molar-refractivity contribution in [3.05, 3.63) is 23.8 Å². The number of piperidine rings is 1. The van der Waals surface area contributed by atoms with Gasteiger partial charge in [-0.2, -0.15) is 0 Å². The lowest BCUT2D eigenvalue weighted by molar-refractivity contribution is 0.101. The normalized spacial score (nSPS) is 26.6. The van der Waals surface area contributed by atoms with E-state index in [1.165, 1.54) is 13.2 Å². The monoisotopic (exact) mass is 307 g/mol. The number of Topliss-reactive ketones (excluding diaryl/α,β-unsaturated/α-hetero) is 1. The smallest absolute Gasteiger partial charge is 0.177 e. The van der Waals surface area contributed by atoms with Gasteiger partial charge in [-0.05, 0) is 42.4 Å². The van der Waals surface area contributed by atoms with E-state index in [0.717, 1.165) is 13.1 Å². The molecule has 1 aromatic carbocycles. The molecule has 21 heavy (non-hydrogen) atoms. The minimum absolute atomic E-state index is 0.0408. The first kappa shape index (κ1) is 14.6. The number of ketones is 1. The number of anilines is 1. The fourth-order valence-corrected chi connectivity index (χ4v) is 4.51. The summed E-state index contributed by atoms with van der Waals surface area (Å²) in [7, 11) is -3.30. The molecule has 1 aliphatic carbocycles. The number of hydrogen-bond acceptors (Lipinski definition) is 4. The Kier molecular flexibility index (Phi) is 3.00. The van der Waals surface area contributed by atoms with Gasteiger partial charge in [0.15, 0.2) is 15.6 Å². The Labute approximate surface area is 126 Å². The standard InChI is InChI=1S/C16H21NO3S/c1-10(18)11-5-6-15(21(4,19)20)14(7-11)17-8-12-13(9-17)16(12,2)3/h5-7,12-13H,8-9H2,1-4H3/t12-,13+. The summed E-state index contributed by atoms with van der Waals surface area (Å²) in [6, 6.07) is 4.90. The van der Waals surface area contributed by atoms with Gasteiger partial charge in [0.05, 0.1) is 10.6 Å². The van der Waals surface area contributed by atoms with E-state index in [-0.39, 0.29) is 5.78 Å². The second-order valence-electron chi connectivity index (χ2n) is 6.95. The minimum atomic E-state index is -3.30. The quantitative estimate of drug-likeness (QED) is 0.805. The van der Waals surface area contributed by atoms with Crippen molar-refractivity contribution in [3.8, 4) is 0 Å². The molecule has 5 heteroatoms. The molecule has 0 unspecified atom stereocenters. The van der Waals surface area contributed by atoms with E-state index in [0.29, 0.717) is 33.4 Å². The molecule has 0 aromatic heterocycles. The van der Waals surface area contributed by atoms with Crippen LogP contribution in [0.4, 0.5) is 5.69 Å². The molecule has 2 aliphatic rings. The number of rotatable bonds is 3. The largest absolute Gasteiger partial charge is 0.370 e. The Hall–Kier alpha value is -1.36. The van der Waals surface area contributed by atoms with Crippen molar-refractivity contribution in [2.24, 2.45) is 17.3 Å². The number of carbonyl (C=O) groups excluding carboxylic acids is 1. The average Bonchev–Trinajstić information content (AvgIpc) is 2.78. The molecule has 2 fully saturated rings. The summed E-state index contributed by atoms with van der Waals surface area (Å²) in [6.45, 7) is 7.79. The Balaban J connectivity index is 2.00. The lowest BCUT2D eigenvalue weighted by Gasteiger charge is -2.26. The molecule has 4 nitrogen and oxygen atoms in total. The van der Waals surface area contributed by atoms with Gasteiger partial charge in [0.1, 0.15) is 0 Å². The van der Waals surface area contributed by atoms with Crippen molar-refractivity contribution in [1.82, 2.24) is 0 Å². The van der Waals surface area contributed by atoms with Crippen LogP contribution in [-0.4, -0.2) is 33.5 Å². The highest BCUT2D eigenvalue weighted by molar-refractivity contribution is 7.90. The average molecular weight is 307 g/mol. The maximum Gasteiger partial charge on any atom is 0.177 e. The van der Waals surface area contributed by atoms with Crippen LogP contribution in [0.5, 0.6) is 0 Å². The Morgan fingerprint density at radius 1 is 1.24 bits per heavy atom. The van der Waals surface area contributed by atoms with E-state index in [2.05, 4.69) is 18.7 Å². The van der Waals surface area contributed by atoms with Crippen LogP contribution in [0.25, 0.3) is 0 Å². The molecule has 0 bridgehead atoms. The number of nitrogens with zero attached hydrogens (tertiary/aromatic N) is 1. The lowest BCUT2D eigenvalue weighted by atomic mass is 10.1. The molecule has 114 valence electrons. The van der Waals surface area contributed by atoms with E-state index in [1.807, 2.05) is 0 Å². The van der Waals surface area contributed by atoms with Crippen molar-refractivity contribution in [2.45, 2.75) is 25.7 Å². The molecule has 1 saturated heterocycles. The summed E-state index contributed by atoms with van der Waals surface area (Å²) in [5.41, 5.74) is 1.63. The summed E-state index contributed by atoms with van der Waals surface area (Å²) < 4.78 is 24.0. The summed E-state index contributed by atoms with van der Waals surface area (Å²) >= 11 is 0. The summed E-state index contributed by atoms with van der Waals surface area (Å²) in [5.74, 6) is 1.22. The van der Waals surface area contributed by atoms with Crippen LogP contribution in [0.2, 0.25) is 0 Å². The van der Waals surface area contributed by atoms with Crippen molar-refractivity contribution in [2.75, 3.05) is 24.2 Å². The van der Waals surface area contributed by atoms with Gasteiger partial charge in [0.25, 0.3) is 0 Å². The van der Waals surface area contributed by atoms with Gasteiger partial charge in [-0.3, -0.25) is 4.79 Å². The summed E-state index contributed by atoms with van der Waals surface area (Å²) in [5, 5.41) is 0. The van der Waals surface area contributed by atoms with Crippen LogP contribution < -0.4 is 4.90 Å². The minimum Gasteiger partial charge on any atom is -0.370 e. The van der Waals surface area contributed by atoms with E-state index in [9.17, 15) is 13.2 Å². The molecule has 1 heterocycles. The van der Waals surface area contributed by atoms with Gasteiger partial charge >= 0.3 is 0 Å². The van der Waals surface area contributed by atoms with Crippen LogP contribution in [0.3, 0.4) is 0 Å². The van der Waals surface area contributed by atoms with Gasteiger partial charge in [-0.15, -0.1) is 0 Å². The van der Waals surface area contributed by atoms with E-state index >= 15 is 0 Å². The van der Waals surface area contributed by atoms with Crippen molar-refractivity contribution < 1.29 is 13.2 Å². The van der Waals surface area contributed by atoms with Gasteiger partial charge in [-0.25, -0.2) is 8.42 Å². The number of carbonyl (C=O) groups is 1. The van der Waals surface area contributed by atoms with Crippen LogP contribution >= 0.6 is 0 Å². The fraction of sp³-hybridized carbons (Fsp3) is 0.562. The van der Waals surface area contributed by atoms with Crippen LogP contribution in [0.15, 0.2) is 23.1 Å². The van der Waals surface area contributed by atoms with Gasteiger partial charge in [-0.1, -0.05) is 13.8 Å². The molecule has 1 aliphatic heterocycles. The second-order valence-corrected chi connectivity index (χ2v) is 8.93. The third-order valence-electron chi connectivity index (χ3n) is 5.23. The van der Waals surface area contributed by atoms with Gasteiger partial charge < -0.3 is 4.90 Å². The van der Waals surface area contributed by atoms with Gasteiger partial charge in [0.2, 0.25) is 0 Å². The number of hydrogen-bond donors (Lipinski definition) is 0. The molecule has 3 rings (SSSR count). The first-order valence-electron chi connectivity index (χ1n) is 7.22. The van der Waals surface area contributed by atoms with Crippen LogP contribution in [-0.2, 0) is 9.84 Å². The number of sulfone groups is 1. The highest BCUT2D eigenvalue weighted by Gasteiger charge is 2.62. The van der Waals surface area contributed by atoms with E-state index in [4.69, 9.17) is 0 Å². The highest BCUT2D eigenvalue weighted by Crippen LogP contribution is 2.62. The van der Waals surface area contributed by atoms with E-state index < -0.39 is 9.84 Å². The lowest BCUT2D eigenvalue weighted by Crippen LogP contribution is -2.27. The Bertz CT molecular complexity index is 707. The van der Waals surface area contributed by atoms with Crippen LogP contribution in [0.1, 0.15) is 31.1 Å². The second kappa shape index (κ2) is 4.32. The zero-order chi connectivity index (χ0) is 15.6.